The fraction of sp³-hybridized carbons (Fsp3) is 0.182. The Morgan fingerprint density at radius 3 is 2.70 bits per heavy atom. The van der Waals surface area contributed by atoms with E-state index >= 15 is 0 Å². The summed E-state index contributed by atoms with van der Waals surface area (Å²) in [7, 11) is 0. The van der Waals surface area contributed by atoms with E-state index in [0.717, 1.165) is 27.8 Å². The minimum atomic E-state index is 0.532. The summed E-state index contributed by atoms with van der Waals surface area (Å²) >= 11 is 1.75. The summed E-state index contributed by atoms with van der Waals surface area (Å²) in [6, 6.07) is 19.3. The summed E-state index contributed by atoms with van der Waals surface area (Å²) in [5.41, 5.74) is 3.50. The van der Waals surface area contributed by atoms with E-state index in [4.69, 9.17) is 0 Å². The smallest absolute Gasteiger partial charge is 0.192 e. The normalized spacial score (nSPS) is 14.4. The largest absolute Gasteiger partial charge is 0.360 e. The molecule has 4 nitrogen and oxygen atoms in total. The fourth-order valence-corrected chi connectivity index (χ4v) is 4.16. The molecular formula is C22H20N4S. The third-order valence-electron chi connectivity index (χ3n) is 4.83. The van der Waals surface area contributed by atoms with Crippen LogP contribution in [0.15, 0.2) is 72.0 Å². The minimum Gasteiger partial charge on any atom is -0.360 e. The molecule has 27 heavy (non-hydrogen) atoms. The van der Waals surface area contributed by atoms with Crippen molar-refractivity contribution in [2.45, 2.75) is 24.0 Å². The van der Waals surface area contributed by atoms with Crippen LogP contribution in [-0.2, 0) is 0 Å². The molecule has 0 radical (unpaired) electrons. The van der Waals surface area contributed by atoms with E-state index in [1.165, 1.54) is 23.8 Å². The number of rotatable bonds is 6. The highest BCUT2D eigenvalue weighted by Crippen LogP contribution is 2.42. The third kappa shape index (κ3) is 3.30. The molecule has 5 rings (SSSR count). The van der Waals surface area contributed by atoms with Crippen LogP contribution in [0.2, 0.25) is 0 Å². The van der Waals surface area contributed by atoms with Crippen LogP contribution in [0, 0.1) is 0 Å². The van der Waals surface area contributed by atoms with E-state index < -0.39 is 0 Å². The number of nitrogens with one attached hydrogen (secondary N) is 1. The summed E-state index contributed by atoms with van der Waals surface area (Å²) in [5.74, 6) is 1.86. The van der Waals surface area contributed by atoms with Crippen LogP contribution < -0.4 is 0 Å². The summed E-state index contributed by atoms with van der Waals surface area (Å²) in [4.78, 5) is 3.35. The lowest BCUT2D eigenvalue weighted by atomic mass is 10.1. The number of thioether (sulfide) groups is 1. The molecular weight excluding hydrogens is 352 g/mol. The second kappa shape index (κ2) is 7.08. The van der Waals surface area contributed by atoms with E-state index in [1.807, 2.05) is 6.07 Å². The minimum absolute atomic E-state index is 0.532. The number of fused-ring (bicyclic) bond motifs is 1. The lowest BCUT2D eigenvalue weighted by molar-refractivity contribution is 0.670. The Morgan fingerprint density at radius 1 is 1.04 bits per heavy atom. The van der Waals surface area contributed by atoms with E-state index in [0.29, 0.717) is 6.04 Å². The molecule has 1 aliphatic carbocycles. The van der Waals surface area contributed by atoms with E-state index in [-0.39, 0.29) is 0 Å². The van der Waals surface area contributed by atoms with Gasteiger partial charge < -0.3 is 4.98 Å². The molecule has 2 aromatic carbocycles. The molecule has 0 saturated heterocycles. The average molecular weight is 372 g/mol. The quantitative estimate of drug-likeness (QED) is 0.450. The second-order valence-corrected chi connectivity index (χ2v) is 7.77. The molecule has 2 aromatic heterocycles. The zero-order valence-electron chi connectivity index (χ0n) is 14.9. The van der Waals surface area contributed by atoms with E-state index in [2.05, 4.69) is 86.6 Å². The Kier molecular flexibility index (Phi) is 4.30. The monoisotopic (exact) mass is 372 g/mol. The summed E-state index contributed by atoms with van der Waals surface area (Å²) < 4.78 is 2.33. The Labute approximate surface area is 162 Å². The topological polar surface area (TPSA) is 46.5 Å². The number of hydrogen-bond donors (Lipinski definition) is 1. The van der Waals surface area contributed by atoms with Gasteiger partial charge in [-0.05, 0) is 24.5 Å². The average Bonchev–Trinajstić information content (AvgIpc) is 3.33. The van der Waals surface area contributed by atoms with Crippen molar-refractivity contribution < 1.29 is 0 Å². The molecule has 0 bridgehead atoms. The van der Waals surface area contributed by atoms with Crippen LogP contribution in [0.25, 0.3) is 28.4 Å². The maximum absolute atomic E-state index is 4.55. The van der Waals surface area contributed by atoms with Crippen LogP contribution in [0.3, 0.4) is 0 Å². The first-order valence-electron chi connectivity index (χ1n) is 9.26. The first-order chi connectivity index (χ1) is 13.4. The van der Waals surface area contributed by atoms with Crippen molar-refractivity contribution in [3.8, 4) is 11.4 Å². The number of H-pyrrole nitrogens is 1. The number of para-hydroxylation sites is 1. The third-order valence-corrected chi connectivity index (χ3v) is 5.72. The zero-order chi connectivity index (χ0) is 18.1. The fourth-order valence-electron chi connectivity index (χ4n) is 3.35. The van der Waals surface area contributed by atoms with Crippen LogP contribution in [0.5, 0.6) is 0 Å². The molecule has 5 heteroatoms. The predicted octanol–water partition coefficient (Wildman–Crippen LogP) is 5.57. The molecule has 1 fully saturated rings. The molecule has 1 N–H and O–H groups in total. The van der Waals surface area contributed by atoms with Gasteiger partial charge in [-0.15, -0.1) is 10.2 Å². The van der Waals surface area contributed by atoms with Crippen molar-refractivity contribution in [2.24, 2.45) is 0 Å². The van der Waals surface area contributed by atoms with Gasteiger partial charge in [0.2, 0.25) is 0 Å². The lowest BCUT2D eigenvalue weighted by Crippen LogP contribution is -1.99. The molecule has 0 spiro atoms. The molecule has 0 aliphatic heterocycles. The Bertz CT molecular complexity index is 1090. The second-order valence-electron chi connectivity index (χ2n) is 6.78. The Balaban J connectivity index is 1.41. The molecule has 1 saturated carbocycles. The molecule has 2 heterocycles. The molecule has 0 amide bonds. The van der Waals surface area contributed by atoms with Gasteiger partial charge in [0.05, 0.1) is 0 Å². The summed E-state index contributed by atoms with van der Waals surface area (Å²) in [6.45, 7) is 0. The van der Waals surface area contributed by atoms with Crippen LogP contribution in [0.4, 0.5) is 0 Å². The highest BCUT2D eigenvalue weighted by molar-refractivity contribution is 7.99. The van der Waals surface area contributed by atoms with Crippen LogP contribution in [-0.4, -0.2) is 25.5 Å². The highest BCUT2D eigenvalue weighted by Gasteiger charge is 2.30. The van der Waals surface area contributed by atoms with Gasteiger partial charge in [-0.25, -0.2) is 0 Å². The van der Waals surface area contributed by atoms with Crippen molar-refractivity contribution in [2.75, 3.05) is 5.75 Å². The molecule has 1 aliphatic rings. The molecule has 0 atom stereocenters. The molecule has 0 unspecified atom stereocenters. The van der Waals surface area contributed by atoms with Gasteiger partial charge >= 0.3 is 0 Å². The maximum atomic E-state index is 4.55. The Hall–Kier alpha value is -2.79. The van der Waals surface area contributed by atoms with E-state index in [1.54, 1.807) is 11.8 Å². The predicted molar refractivity (Wildman–Crippen MR) is 112 cm³/mol. The van der Waals surface area contributed by atoms with Crippen molar-refractivity contribution >= 4 is 28.7 Å². The van der Waals surface area contributed by atoms with Crippen molar-refractivity contribution in [1.29, 1.82) is 0 Å². The lowest BCUT2D eigenvalue weighted by Gasteiger charge is -2.07. The molecule has 4 aromatic rings. The number of benzene rings is 2. The van der Waals surface area contributed by atoms with Crippen LogP contribution in [0.1, 0.15) is 24.4 Å². The number of nitrogens with zero attached hydrogens (tertiary/aromatic N) is 3. The number of aromatic nitrogens is 4. The van der Waals surface area contributed by atoms with Crippen LogP contribution >= 0.6 is 11.8 Å². The van der Waals surface area contributed by atoms with Gasteiger partial charge in [0, 0.05) is 34.5 Å². The summed E-state index contributed by atoms with van der Waals surface area (Å²) in [5, 5.41) is 11.3. The van der Waals surface area contributed by atoms with Crippen molar-refractivity contribution in [3.05, 3.63) is 72.4 Å². The van der Waals surface area contributed by atoms with Crippen molar-refractivity contribution in [3.63, 3.8) is 0 Å². The number of hydrogen-bond acceptors (Lipinski definition) is 3. The summed E-state index contributed by atoms with van der Waals surface area (Å²) in [6.07, 6.45) is 8.82. The molecule has 134 valence electrons. The first-order valence-corrected chi connectivity index (χ1v) is 10.2. The van der Waals surface area contributed by atoms with Gasteiger partial charge in [-0.3, -0.25) is 4.57 Å². The van der Waals surface area contributed by atoms with Gasteiger partial charge in [0.1, 0.15) is 0 Å². The highest BCUT2D eigenvalue weighted by atomic mass is 32.2. The van der Waals surface area contributed by atoms with Gasteiger partial charge in [0.25, 0.3) is 0 Å². The standard InChI is InChI=1S/C22H20N4S/c1-2-7-16(8-3-1)9-6-14-27-22-25-24-21(26(22)17-12-13-17)19-15-23-20-11-5-4-10-18(19)20/h1-11,15,17,23H,12-14H2/b9-6+. The first kappa shape index (κ1) is 16.4. The zero-order valence-corrected chi connectivity index (χ0v) is 15.7. The Morgan fingerprint density at radius 2 is 1.85 bits per heavy atom. The van der Waals surface area contributed by atoms with Gasteiger partial charge in [-0.2, -0.15) is 0 Å². The SMILES string of the molecule is C(=C\c1ccccc1)/CSc1nnc(-c2c[nH]c3ccccc23)n1C1CC1. The van der Waals surface area contributed by atoms with E-state index in [9.17, 15) is 0 Å². The maximum Gasteiger partial charge on any atom is 0.192 e. The number of aromatic amines is 1. The van der Waals surface area contributed by atoms with Gasteiger partial charge in [-0.1, -0.05) is 72.4 Å². The van der Waals surface area contributed by atoms with Gasteiger partial charge in [0.15, 0.2) is 11.0 Å². The van der Waals surface area contributed by atoms with Crippen molar-refractivity contribution in [1.82, 2.24) is 19.7 Å².